The van der Waals surface area contributed by atoms with E-state index in [1.807, 2.05) is 12.1 Å². The van der Waals surface area contributed by atoms with Gasteiger partial charge in [-0.15, -0.1) is 0 Å². The van der Waals surface area contributed by atoms with Crippen molar-refractivity contribution >= 4 is 85.6 Å². The molecule has 4 N–H and O–H groups in total. The monoisotopic (exact) mass is 1420 g/mol. The first kappa shape index (κ1) is 75.9. The van der Waals surface area contributed by atoms with Gasteiger partial charge in [0.25, 0.3) is 0 Å². The van der Waals surface area contributed by atoms with Crippen LogP contribution in [0.4, 0.5) is 11.4 Å². The van der Waals surface area contributed by atoms with E-state index in [2.05, 4.69) is 29.6 Å². The van der Waals surface area contributed by atoms with E-state index in [-0.39, 0.29) is 156 Å². The Bertz CT molecular complexity index is 4270. The van der Waals surface area contributed by atoms with Crippen molar-refractivity contribution in [1.82, 2.24) is 19.9 Å². The molecule has 0 atom stereocenters. The van der Waals surface area contributed by atoms with Crippen LogP contribution in [-0.2, 0) is 82.9 Å². The third-order valence-electron chi connectivity index (χ3n) is 14.3. The zero-order valence-corrected chi connectivity index (χ0v) is 55.9. The van der Waals surface area contributed by atoms with E-state index in [1.54, 1.807) is 60.7 Å². The fourth-order valence-electron chi connectivity index (χ4n) is 9.64. The lowest BCUT2D eigenvalue weighted by Crippen LogP contribution is -2.62. The van der Waals surface area contributed by atoms with Gasteiger partial charge >= 0.3 is 52.4 Å². The molecular weight excluding hydrogens is 1360 g/mol. The molecule has 0 unspecified atom stereocenters. The second-order valence-corrected chi connectivity index (χ2v) is 21.5. The van der Waals surface area contributed by atoms with Crippen LogP contribution in [0.5, 0.6) is 70.0 Å². The van der Waals surface area contributed by atoms with Crippen molar-refractivity contribution in [3.05, 3.63) is 178 Å². The number of hydrogen-bond acceptors (Lipinski definition) is 30. The molecule has 0 radical (unpaired) electrons. The molecule has 528 valence electrons. The number of carbonyl (C=O) groups is 4. The number of ether oxygens (including phenoxy) is 12. The molecule has 0 saturated carbocycles. The highest BCUT2D eigenvalue weighted by molar-refractivity contribution is 6.87. The molecule has 4 aromatic heterocycles. The number of pyridine rings is 4. The van der Waals surface area contributed by atoms with Crippen LogP contribution in [0.25, 0.3) is 9.69 Å². The number of nitriles is 2. The van der Waals surface area contributed by atoms with Gasteiger partial charge in [0.2, 0.25) is 58.4 Å². The van der Waals surface area contributed by atoms with Crippen molar-refractivity contribution in [2.24, 2.45) is 0 Å². The number of aromatic nitrogens is 4. The molecule has 36 heteroatoms. The van der Waals surface area contributed by atoms with Crippen LogP contribution in [0.15, 0.2) is 121 Å². The lowest BCUT2D eigenvalue weighted by Gasteiger charge is -2.33. The van der Waals surface area contributed by atoms with Crippen LogP contribution in [0, 0.1) is 35.8 Å². The third-order valence-corrected chi connectivity index (χ3v) is 14.3. The average molecular weight is 1420 g/mol. The molecule has 104 heavy (non-hydrogen) atoms. The Morgan fingerprint density at radius 1 is 0.442 bits per heavy atom. The van der Waals surface area contributed by atoms with E-state index < -0.39 is 72.2 Å². The molecule has 2 aliphatic rings. The minimum Gasteiger partial charge on any atom is -0.483 e. The van der Waals surface area contributed by atoms with Crippen molar-refractivity contribution < 1.29 is 115 Å². The van der Waals surface area contributed by atoms with Gasteiger partial charge in [-0.25, -0.2) is 9.69 Å². The fraction of sp³-hybridized carbons (Fsp3) is 0.235. The zero-order valence-electron chi connectivity index (χ0n) is 55.9. The van der Waals surface area contributed by atoms with E-state index in [1.165, 1.54) is 88.4 Å². The normalized spacial score (nSPS) is 11.9. The van der Waals surface area contributed by atoms with Gasteiger partial charge in [-0.3, -0.25) is 19.2 Å². The first-order valence-electron chi connectivity index (χ1n) is 31.3. The lowest BCUT2D eigenvalue weighted by atomic mass is 9.59. The molecule has 2 aliphatic heterocycles. The summed E-state index contributed by atoms with van der Waals surface area (Å²) in [6.07, 6.45) is 0. The molecule has 1 fully saturated rings. The number of fused-ring (bicyclic) bond motifs is 1. The maximum Gasteiger partial charge on any atom is 0.491 e. The largest absolute Gasteiger partial charge is 0.491 e. The lowest BCUT2D eigenvalue weighted by molar-refractivity contribution is -0.142. The van der Waals surface area contributed by atoms with Crippen LogP contribution in [-0.4, -0.2) is 145 Å². The van der Waals surface area contributed by atoms with Gasteiger partial charge in [-0.1, -0.05) is 24.3 Å². The highest BCUT2D eigenvalue weighted by atomic mass is 16.7. The summed E-state index contributed by atoms with van der Waals surface area (Å²) in [5.74, 6) is -0.511. The van der Waals surface area contributed by atoms with Crippen molar-refractivity contribution in [3.8, 4) is 82.2 Å². The van der Waals surface area contributed by atoms with Crippen molar-refractivity contribution in [2.75, 3.05) is 52.9 Å². The second kappa shape index (κ2) is 37.4. The number of aliphatic hydroxyl groups is 3. The Morgan fingerprint density at radius 2 is 0.750 bits per heavy atom. The Hall–Kier alpha value is -12.3. The van der Waals surface area contributed by atoms with Crippen molar-refractivity contribution in [2.45, 2.75) is 54.1 Å². The molecule has 10 rings (SSSR count). The minimum absolute atomic E-state index is 0.0286. The third kappa shape index (κ3) is 21.1. The maximum absolute atomic E-state index is 11.2. The number of hydrogen-bond donors (Lipinski definition) is 4. The van der Waals surface area contributed by atoms with Crippen LogP contribution >= 0.6 is 0 Å². The van der Waals surface area contributed by atoms with Gasteiger partial charge in [0.15, 0.2) is 0 Å². The van der Waals surface area contributed by atoms with Gasteiger partial charge in [-0.05, 0) is 129 Å². The SMILES string of the molecule is [C-]#[N+]c1ccc(Oc2ccc(B3OB(c4ccc(Oc5ccc(C#N)c(OCCOC(C)=O)n5)cc4CO)OB(c4ccc(Oc5ccc(C#N)c(OCCOC(C)=O)n5)cc4CO)O3)c(CO)c2)nc1OCCOC(C)=O.[C-]#[N+]c1ccc(Oc2ccc3c(c2)COB3O)nc1OCCOC(C)=O. The van der Waals surface area contributed by atoms with Gasteiger partial charge in [-0.2, -0.15) is 30.5 Å². The Kier molecular flexibility index (Phi) is 27.3. The molecule has 0 bridgehead atoms. The summed E-state index contributed by atoms with van der Waals surface area (Å²) in [7, 11) is -4.85. The first-order valence-corrected chi connectivity index (χ1v) is 31.3. The highest BCUT2D eigenvalue weighted by Crippen LogP contribution is 2.34. The molecule has 6 heterocycles. The van der Waals surface area contributed by atoms with E-state index >= 15 is 0 Å². The predicted molar refractivity (Wildman–Crippen MR) is 363 cm³/mol. The van der Waals surface area contributed by atoms with Crippen LogP contribution < -0.4 is 59.7 Å². The fourth-order valence-corrected chi connectivity index (χ4v) is 9.64. The van der Waals surface area contributed by atoms with Gasteiger partial charge < -0.3 is 95.6 Å². The molecule has 0 aliphatic carbocycles. The van der Waals surface area contributed by atoms with Crippen LogP contribution in [0.2, 0.25) is 0 Å². The number of carbonyl (C=O) groups excluding carboxylic acids is 4. The number of nitrogens with zero attached hydrogens (tertiary/aromatic N) is 8. The maximum atomic E-state index is 11.2. The molecule has 32 nitrogen and oxygen atoms in total. The predicted octanol–water partition coefficient (Wildman–Crippen LogP) is 4.98. The van der Waals surface area contributed by atoms with Crippen LogP contribution in [0.1, 0.15) is 61.1 Å². The number of aliphatic hydroxyl groups excluding tert-OH is 3. The molecule has 0 amide bonds. The van der Waals surface area contributed by atoms with E-state index in [4.69, 9.17) is 88.4 Å². The summed E-state index contributed by atoms with van der Waals surface area (Å²) < 4.78 is 90.1. The average Bonchev–Trinajstić information content (AvgIpc) is 0.932. The van der Waals surface area contributed by atoms with E-state index in [0.29, 0.717) is 34.2 Å². The highest BCUT2D eigenvalue weighted by Gasteiger charge is 2.46. The smallest absolute Gasteiger partial charge is 0.483 e. The minimum atomic E-state index is -1.31. The van der Waals surface area contributed by atoms with Crippen LogP contribution in [0.3, 0.4) is 0 Å². The van der Waals surface area contributed by atoms with E-state index in [0.717, 1.165) is 5.56 Å². The summed E-state index contributed by atoms with van der Waals surface area (Å²) in [6, 6.07) is 34.9. The first-order chi connectivity index (χ1) is 50.4. The number of benzene rings is 4. The summed E-state index contributed by atoms with van der Waals surface area (Å²) >= 11 is 0. The quantitative estimate of drug-likeness (QED) is 0.0152. The van der Waals surface area contributed by atoms with Gasteiger partial charge in [0, 0.05) is 39.8 Å². The summed E-state index contributed by atoms with van der Waals surface area (Å²) in [5, 5.41) is 61.3. The summed E-state index contributed by atoms with van der Waals surface area (Å²) in [5.41, 5.74) is 3.85. The standard InChI is InChI=1S/C51H45B3N6O18.C17H15BN2O6/c1-31(64)67-17-20-70-49-34(26-55)5-14-46(58-49)73-39-7-10-42(36(23-39)28-61)52-76-53(43-11-8-40(24-37(43)29-62)74-47-15-6-35(27-56)50(59-47)71-21-18-68-32(2)65)78-54(77-52)44-12-9-41(25-38(44)30-63)75-48-16-13-45(57-4)51(60-48)72-22-19-69-33(3)66;1-11(21)23-7-8-24-17-15(19-2)5-6-16(20-17)26-13-3-4-14-12(9-13)10-25-18(14)22/h5-16,23-25,61-63H,17-22,28-30H2,1-3H3;3-6,9,22H,7-8,10H2,1H3. The van der Waals surface area contributed by atoms with E-state index in [9.17, 15) is 50.0 Å². The van der Waals surface area contributed by atoms with Crippen molar-refractivity contribution in [3.63, 3.8) is 0 Å². The number of rotatable bonds is 30. The van der Waals surface area contributed by atoms with Gasteiger partial charge in [0.05, 0.1) is 39.6 Å². The summed E-state index contributed by atoms with van der Waals surface area (Å²) in [4.78, 5) is 68.2. The molecule has 4 aromatic carbocycles. The second-order valence-electron chi connectivity index (χ2n) is 21.5. The molecular formula is C68H60B4N8O24. The number of esters is 4. The Balaban J connectivity index is 0.000000402. The zero-order chi connectivity index (χ0) is 74.1. The van der Waals surface area contributed by atoms with Crippen molar-refractivity contribution in [1.29, 1.82) is 10.5 Å². The van der Waals surface area contributed by atoms with Gasteiger partial charge in [0.1, 0.15) is 99.1 Å². The molecule has 8 aromatic rings. The Morgan fingerprint density at radius 3 is 1.07 bits per heavy atom. The molecule has 0 spiro atoms. The topological polar surface area (TPSA) is 405 Å². The molecule has 1 saturated heterocycles. The summed E-state index contributed by atoms with van der Waals surface area (Å²) in [6.45, 7) is 18.1. The Labute approximate surface area is 595 Å².